The Morgan fingerprint density at radius 2 is 0.514 bits per heavy atom. The van der Waals surface area contributed by atoms with Gasteiger partial charge in [0.05, 0.1) is 33.1 Å². The lowest BCUT2D eigenvalue weighted by Gasteiger charge is -2.29. The number of furan rings is 2. The fraction of sp³-hybridized carbons (Fsp3) is 0. The highest BCUT2D eigenvalue weighted by Crippen LogP contribution is 2.49. The van der Waals surface area contributed by atoms with Crippen LogP contribution in [-0.2, 0) is 0 Å². The molecule has 72 heavy (non-hydrogen) atoms. The molecule has 11 aromatic carbocycles. The maximum Gasteiger partial charge on any atom is 0.137 e. The number of hydrogen-bond acceptors (Lipinski definition) is 4. The van der Waals surface area contributed by atoms with E-state index in [-0.39, 0.29) is 0 Å². The maximum absolute atomic E-state index is 6.51. The highest BCUT2D eigenvalue weighted by molar-refractivity contribution is 6.26. The number of fused-ring (bicyclic) bond motifs is 18. The Kier molecular flexibility index (Phi) is 7.38. The highest BCUT2D eigenvalue weighted by Gasteiger charge is 2.26. The van der Waals surface area contributed by atoms with E-state index in [4.69, 9.17) is 8.83 Å². The van der Waals surface area contributed by atoms with Crippen molar-refractivity contribution in [3.63, 3.8) is 0 Å². The van der Waals surface area contributed by atoms with Crippen LogP contribution in [0.4, 0.5) is 34.1 Å². The summed E-state index contributed by atoms with van der Waals surface area (Å²) < 4.78 is 17.9. The van der Waals surface area contributed by atoms with Crippen LogP contribution in [0.15, 0.2) is 239 Å². The Balaban J connectivity index is 0.914. The molecule has 6 heteroatoms. The number of nitrogens with zero attached hydrogens (tertiary/aromatic N) is 4. The summed E-state index contributed by atoms with van der Waals surface area (Å²) in [5.41, 5.74) is 17.0. The second-order valence-electron chi connectivity index (χ2n) is 19.3. The predicted octanol–water partition coefficient (Wildman–Crippen LogP) is 18.7. The summed E-state index contributed by atoms with van der Waals surface area (Å²) in [6, 6.07) is 83.7. The van der Waals surface area contributed by atoms with Gasteiger partial charge in [-0.25, -0.2) is 0 Å². The lowest BCUT2D eigenvalue weighted by molar-refractivity contribution is 0.669. The molecule has 0 saturated carbocycles. The van der Waals surface area contributed by atoms with Gasteiger partial charge in [-0.15, -0.1) is 0 Å². The number of benzene rings is 11. The highest BCUT2D eigenvalue weighted by atomic mass is 16.3. The molecule has 17 aromatic rings. The zero-order valence-electron chi connectivity index (χ0n) is 38.5. The fourth-order valence-electron chi connectivity index (χ4n) is 12.5. The van der Waals surface area contributed by atoms with Crippen molar-refractivity contribution in [2.24, 2.45) is 0 Å². The SMILES string of the molecule is c1ccc2c(c1)oc1cc(N(c3ccc(N(c4cc5c6ccccc6n6c7ccccc7c(c4)c56)c4cc5c6ccccc6n6c7ccccc7c(c4)c56)cc3)c3ccc4c(c3)oc3ccccc34)ccc12. The smallest absolute Gasteiger partial charge is 0.137 e. The molecule has 0 fully saturated rings. The van der Waals surface area contributed by atoms with E-state index in [1.54, 1.807) is 0 Å². The van der Waals surface area contributed by atoms with Crippen LogP contribution in [-0.4, -0.2) is 8.80 Å². The molecular formula is C66H38N4O2. The Morgan fingerprint density at radius 3 is 0.889 bits per heavy atom. The molecule has 0 atom stereocenters. The molecule has 0 aliphatic carbocycles. The van der Waals surface area contributed by atoms with Crippen molar-refractivity contribution in [3.05, 3.63) is 231 Å². The van der Waals surface area contributed by atoms with Gasteiger partial charge in [0.2, 0.25) is 0 Å². The van der Waals surface area contributed by atoms with Gasteiger partial charge >= 0.3 is 0 Å². The number of anilines is 6. The van der Waals surface area contributed by atoms with Crippen molar-refractivity contribution in [1.82, 2.24) is 8.80 Å². The summed E-state index contributed by atoms with van der Waals surface area (Å²) in [4.78, 5) is 4.78. The third kappa shape index (κ3) is 5.06. The average molecular weight is 919 g/mol. The largest absolute Gasteiger partial charge is 0.456 e. The summed E-state index contributed by atoms with van der Waals surface area (Å²) in [6.07, 6.45) is 0. The van der Waals surface area contributed by atoms with Gasteiger partial charge in [-0.05, 0) is 109 Å². The second-order valence-corrected chi connectivity index (χ2v) is 19.3. The molecule has 0 spiro atoms. The van der Waals surface area contributed by atoms with Gasteiger partial charge < -0.3 is 27.4 Å². The average Bonchev–Trinajstić information content (AvgIpc) is 4.28. The lowest BCUT2D eigenvalue weighted by Crippen LogP contribution is -2.12. The molecule has 334 valence electrons. The van der Waals surface area contributed by atoms with Crippen LogP contribution in [0.2, 0.25) is 0 Å². The van der Waals surface area contributed by atoms with Gasteiger partial charge in [0.1, 0.15) is 22.3 Å². The minimum Gasteiger partial charge on any atom is -0.456 e. The molecule has 0 radical (unpaired) electrons. The van der Waals surface area contributed by atoms with Crippen LogP contribution in [0, 0.1) is 0 Å². The van der Waals surface area contributed by atoms with Gasteiger partial charge in [0.25, 0.3) is 0 Å². The van der Waals surface area contributed by atoms with E-state index < -0.39 is 0 Å². The topological polar surface area (TPSA) is 41.6 Å². The number of hydrogen-bond donors (Lipinski definition) is 0. The minimum atomic E-state index is 0.837. The quantitative estimate of drug-likeness (QED) is 0.167. The van der Waals surface area contributed by atoms with Gasteiger partial charge in [-0.2, -0.15) is 0 Å². The third-order valence-corrected chi connectivity index (χ3v) is 15.5. The Bertz CT molecular complexity index is 4610. The molecule has 6 aromatic heterocycles. The molecule has 0 bridgehead atoms. The molecule has 0 amide bonds. The summed E-state index contributed by atoms with van der Waals surface area (Å²) in [7, 11) is 0. The molecule has 0 unspecified atom stereocenters. The van der Waals surface area contributed by atoms with Crippen molar-refractivity contribution in [2.75, 3.05) is 9.80 Å². The lowest BCUT2D eigenvalue weighted by atomic mass is 10.0. The van der Waals surface area contributed by atoms with Crippen molar-refractivity contribution in [1.29, 1.82) is 0 Å². The molecule has 0 N–H and O–H groups in total. The van der Waals surface area contributed by atoms with Crippen molar-refractivity contribution in [3.8, 4) is 0 Å². The first kappa shape index (κ1) is 38.1. The molecular weight excluding hydrogens is 881 g/mol. The van der Waals surface area contributed by atoms with Gasteiger partial charge in [0.15, 0.2) is 0 Å². The fourth-order valence-corrected chi connectivity index (χ4v) is 12.5. The van der Waals surface area contributed by atoms with E-state index in [0.717, 1.165) is 78.0 Å². The molecule has 0 aliphatic heterocycles. The summed E-state index contributed by atoms with van der Waals surface area (Å²) in [5, 5.41) is 14.3. The van der Waals surface area contributed by atoms with Crippen LogP contribution < -0.4 is 9.80 Å². The maximum atomic E-state index is 6.51. The first-order chi connectivity index (χ1) is 35.7. The number of aromatic nitrogens is 2. The summed E-state index contributed by atoms with van der Waals surface area (Å²) >= 11 is 0. The summed E-state index contributed by atoms with van der Waals surface area (Å²) in [6.45, 7) is 0. The molecule has 0 aliphatic rings. The minimum absolute atomic E-state index is 0.837. The first-order valence-electron chi connectivity index (χ1n) is 24.6. The number of rotatable bonds is 6. The monoisotopic (exact) mass is 918 g/mol. The van der Waals surface area contributed by atoms with Crippen molar-refractivity contribution in [2.45, 2.75) is 0 Å². The van der Waals surface area contributed by atoms with Gasteiger partial charge in [-0.1, -0.05) is 109 Å². The van der Waals surface area contributed by atoms with Crippen LogP contribution in [0.3, 0.4) is 0 Å². The van der Waals surface area contributed by atoms with Crippen LogP contribution in [0.1, 0.15) is 0 Å². The molecule has 6 nitrogen and oxygen atoms in total. The van der Waals surface area contributed by atoms with E-state index in [2.05, 4.69) is 225 Å². The van der Waals surface area contributed by atoms with Crippen LogP contribution >= 0.6 is 0 Å². The van der Waals surface area contributed by atoms with E-state index in [1.165, 1.54) is 76.2 Å². The van der Waals surface area contributed by atoms with E-state index in [0.29, 0.717) is 0 Å². The van der Waals surface area contributed by atoms with Gasteiger partial charge in [-0.3, -0.25) is 0 Å². The Labute approximate surface area is 410 Å². The zero-order chi connectivity index (χ0) is 46.8. The zero-order valence-corrected chi connectivity index (χ0v) is 38.5. The summed E-state index contributed by atoms with van der Waals surface area (Å²) in [5.74, 6) is 0. The van der Waals surface area contributed by atoms with E-state index in [9.17, 15) is 0 Å². The Morgan fingerprint density at radius 1 is 0.222 bits per heavy atom. The van der Waals surface area contributed by atoms with Crippen LogP contribution in [0.5, 0.6) is 0 Å². The first-order valence-corrected chi connectivity index (χ1v) is 24.6. The molecule has 0 saturated heterocycles. The normalized spacial score (nSPS) is 12.4. The standard InChI is InChI=1S/C66H38N4O2/c1-7-19-57-45(13-1)53-33-43(34-54-46-14-2-8-20-58(46)69(57)65(53)54)68(44-35-55-47-15-3-9-21-59(47)70-60-22-10-4-16-48(60)56(36-44)66(55)70)40-27-25-39(26-28-40)67(41-29-31-51-49-17-5-11-23-61(49)71-63(51)37-41)42-30-32-52-50-18-6-12-24-62(50)72-64(52)38-42/h1-38H. The van der Waals surface area contributed by atoms with Crippen molar-refractivity contribution >= 4 is 154 Å². The molecule has 6 heterocycles. The Hall–Kier alpha value is -9.78. The van der Waals surface area contributed by atoms with Crippen molar-refractivity contribution < 1.29 is 8.83 Å². The third-order valence-electron chi connectivity index (χ3n) is 15.5. The van der Waals surface area contributed by atoms with Crippen LogP contribution in [0.25, 0.3) is 120 Å². The predicted molar refractivity (Wildman–Crippen MR) is 300 cm³/mol. The van der Waals surface area contributed by atoms with E-state index >= 15 is 0 Å². The number of para-hydroxylation sites is 6. The second kappa shape index (κ2) is 13.9. The molecule has 17 rings (SSSR count). The van der Waals surface area contributed by atoms with E-state index in [1.807, 2.05) is 24.3 Å². The van der Waals surface area contributed by atoms with Gasteiger partial charge in [0, 0.05) is 111 Å².